The molecule has 11 heteroatoms. The van der Waals surface area contributed by atoms with E-state index in [9.17, 15) is 18.0 Å². The van der Waals surface area contributed by atoms with Gasteiger partial charge >= 0.3 is 5.97 Å². The number of carbonyl (C=O) groups is 2. The number of nitrogens with one attached hydrogen (secondary N) is 1. The Morgan fingerprint density at radius 2 is 1.85 bits per heavy atom. The maximum atomic E-state index is 12.2. The van der Waals surface area contributed by atoms with Gasteiger partial charge in [-0.05, 0) is 65.4 Å². The normalized spacial score (nSPS) is 11.1. The molecule has 3 N–H and O–H groups in total. The van der Waals surface area contributed by atoms with Crippen molar-refractivity contribution in [2.24, 2.45) is 5.14 Å². The van der Waals surface area contributed by atoms with Gasteiger partial charge in [0.05, 0.1) is 15.6 Å². The van der Waals surface area contributed by atoms with Crippen LogP contribution in [0.1, 0.15) is 15.9 Å². The molecule has 0 radical (unpaired) electrons. The molecule has 0 fully saturated rings. The van der Waals surface area contributed by atoms with Crippen LogP contribution in [0.4, 0.5) is 5.69 Å². The number of hydrogen-bond donors (Lipinski definition) is 2. The SMILES string of the molecule is Cc1cc(I)ccc1NC(=O)COC(=O)c1cc(S(N)(=O)=O)c(Cl)cc1Cl. The molecule has 0 saturated heterocycles. The Labute approximate surface area is 179 Å². The van der Waals surface area contributed by atoms with Crippen LogP contribution in [0.5, 0.6) is 0 Å². The Bertz CT molecular complexity index is 1030. The fraction of sp³-hybridized carbons (Fsp3) is 0.125. The summed E-state index contributed by atoms with van der Waals surface area (Å²) in [5, 5.41) is 7.29. The second kappa shape index (κ2) is 8.74. The highest BCUT2D eigenvalue weighted by Crippen LogP contribution is 2.28. The zero-order chi connectivity index (χ0) is 20.4. The summed E-state index contributed by atoms with van der Waals surface area (Å²) < 4.78 is 28.9. The zero-order valence-corrected chi connectivity index (χ0v) is 18.2. The molecule has 7 nitrogen and oxygen atoms in total. The second-order valence-corrected chi connectivity index (χ2v) is 8.98. The zero-order valence-electron chi connectivity index (χ0n) is 13.8. The first-order valence-electron chi connectivity index (χ1n) is 7.24. The number of rotatable bonds is 5. The average molecular weight is 543 g/mol. The van der Waals surface area contributed by atoms with Gasteiger partial charge in [0.2, 0.25) is 10.0 Å². The van der Waals surface area contributed by atoms with Gasteiger partial charge in [-0.3, -0.25) is 4.79 Å². The van der Waals surface area contributed by atoms with Crippen molar-refractivity contribution >= 4 is 73.4 Å². The molecule has 27 heavy (non-hydrogen) atoms. The maximum Gasteiger partial charge on any atom is 0.340 e. The van der Waals surface area contributed by atoms with E-state index in [1.165, 1.54) is 0 Å². The number of halogens is 3. The number of primary sulfonamides is 1. The summed E-state index contributed by atoms with van der Waals surface area (Å²) in [7, 11) is -4.16. The lowest BCUT2D eigenvalue weighted by Crippen LogP contribution is -2.22. The van der Waals surface area contributed by atoms with Crippen LogP contribution in [0.25, 0.3) is 0 Å². The third kappa shape index (κ3) is 5.79. The molecule has 2 aromatic carbocycles. The molecule has 2 rings (SSSR count). The number of benzene rings is 2. The standard InChI is InChI=1S/C16H13Cl2IN2O5S/c1-8-4-9(19)2-3-13(8)21-15(22)7-26-16(23)10-5-14(27(20,24)25)12(18)6-11(10)17/h2-6H,7H2,1H3,(H,21,22)(H2,20,24,25). The number of hydrogen-bond acceptors (Lipinski definition) is 5. The van der Waals surface area contributed by atoms with Crippen LogP contribution in [0.3, 0.4) is 0 Å². The highest BCUT2D eigenvalue weighted by atomic mass is 127. The van der Waals surface area contributed by atoms with E-state index in [2.05, 4.69) is 27.9 Å². The fourth-order valence-corrected chi connectivity index (χ4v) is 4.11. The van der Waals surface area contributed by atoms with Crippen molar-refractivity contribution in [1.82, 2.24) is 0 Å². The van der Waals surface area contributed by atoms with Crippen molar-refractivity contribution in [3.63, 3.8) is 0 Å². The van der Waals surface area contributed by atoms with Crippen LogP contribution in [0.2, 0.25) is 10.0 Å². The molecule has 1 amide bonds. The summed E-state index contributed by atoms with van der Waals surface area (Å²) in [5.74, 6) is -1.56. The van der Waals surface area contributed by atoms with Gasteiger partial charge in [-0.25, -0.2) is 18.4 Å². The molecule has 144 valence electrons. The lowest BCUT2D eigenvalue weighted by Gasteiger charge is -2.11. The Balaban J connectivity index is 2.10. The first-order chi connectivity index (χ1) is 12.5. The summed E-state index contributed by atoms with van der Waals surface area (Å²) in [4.78, 5) is 23.7. The molecule has 0 spiro atoms. The summed E-state index contributed by atoms with van der Waals surface area (Å²) >= 11 is 13.8. The molecular formula is C16H13Cl2IN2O5S. The minimum absolute atomic E-state index is 0.133. The fourth-order valence-electron chi connectivity index (χ4n) is 2.07. The first kappa shape index (κ1) is 21.9. The molecule has 0 aliphatic rings. The highest BCUT2D eigenvalue weighted by Gasteiger charge is 2.21. The molecule has 0 saturated carbocycles. The molecule has 0 aromatic heterocycles. The topological polar surface area (TPSA) is 116 Å². The van der Waals surface area contributed by atoms with Gasteiger partial charge in [0.25, 0.3) is 5.91 Å². The maximum absolute atomic E-state index is 12.2. The van der Waals surface area contributed by atoms with E-state index in [0.717, 1.165) is 21.3 Å². The minimum Gasteiger partial charge on any atom is -0.452 e. The molecule has 0 bridgehead atoms. The Kier molecular flexibility index (Phi) is 7.09. The van der Waals surface area contributed by atoms with Crippen molar-refractivity contribution in [2.75, 3.05) is 11.9 Å². The third-order valence-electron chi connectivity index (χ3n) is 3.34. The van der Waals surface area contributed by atoms with E-state index >= 15 is 0 Å². The second-order valence-electron chi connectivity index (χ2n) is 5.39. The number of anilines is 1. The van der Waals surface area contributed by atoms with E-state index in [1.54, 1.807) is 6.07 Å². The van der Waals surface area contributed by atoms with Gasteiger partial charge < -0.3 is 10.1 Å². The van der Waals surface area contributed by atoms with Crippen LogP contribution in [0.15, 0.2) is 35.2 Å². The molecule has 0 atom stereocenters. The average Bonchev–Trinajstić information content (AvgIpc) is 2.54. The number of ether oxygens (including phenoxy) is 1. The van der Waals surface area contributed by atoms with Crippen molar-refractivity contribution < 1.29 is 22.7 Å². The van der Waals surface area contributed by atoms with Crippen molar-refractivity contribution in [1.29, 1.82) is 0 Å². The van der Waals surface area contributed by atoms with Gasteiger partial charge in [-0.2, -0.15) is 0 Å². The predicted molar refractivity (Wildman–Crippen MR) is 111 cm³/mol. The first-order valence-corrected chi connectivity index (χ1v) is 10.6. The van der Waals surface area contributed by atoms with Gasteiger partial charge in [-0.15, -0.1) is 0 Å². The van der Waals surface area contributed by atoms with Gasteiger partial charge in [-0.1, -0.05) is 23.2 Å². The Morgan fingerprint density at radius 3 is 2.44 bits per heavy atom. The van der Waals surface area contributed by atoms with Crippen LogP contribution in [-0.4, -0.2) is 26.9 Å². The number of sulfonamides is 1. The van der Waals surface area contributed by atoms with Gasteiger partial charge in [0, 0.05) is 9.26 Å². The monoisotopic (exact) mass is 542 g/mol. The van der Waals surface area contributed by atoms with Gasteiger partial charge in [0.1, 0.15) is 4.90 Å². The minimum atomic E-state index is -4.16. The van der Waals surface area contributed by atoms with E-state index < -0.39 is 33.4 Å². The molecule has 0 aliphatic heterocycles. The molecule has 2 aromatic rings. The summed E-state index contributed by atoms with van der Waals surface area (Å²) in [6.07, 6.45) is 0. The number of esters is 1. The lowest BCUT2D eigenvalue weighted by atomic mass is 10.2. The van der Waals surface area contributed by atoms with Crippen molar-refractivity contribution in [2.45, 2.75) is 11.8 Å². The number of carbonyl (C=O) groups excluding carboxylic acids is 2. The van der Waals surface area contributed by atoms with Crippen LogP contribution >= 0.6 is 45.8 Å². The van der Waals surface area contributed by atoms with E-state index in [0.29, 0.717) is 5.69 Å². The van der Waals surface area contributed by atoms with Crippen LogP contribution in [0, 0.1) is 10.5 Å². The predicted octanol–water partition coefficient (Wildman–Crippen LogP) is 3.35. The Hall–Kier alpha value is -1.40. The summed E-state index contributed by atoms with van der Waals surface area (Å²) in [6.45, 7) is 1.24. The molecule has 0 aliphatic carbocycles. The smallest absolute Gasteiger partial charge is 0.340 e. The van der Waals surface area contributed by atoms with Gasteiger partial charge in [0.15, 0.2) is 6.61 Å². The number of amides is 1. The Morgan fingerprint density at radius 1 is 1.19 bits per heavy atom. The molecular weight excluding hydrogens is 530 g/mol. The van der Waals surface area contributed by atoms with E-state index in [4.69, 9.17) is 33.1 Å². The highest BCUT2D eigenvalue weighted by molar-refractivity contribution is 14.1. The number of aryl methyl sites for hydroxylation is 1. The van der Waals surface area contributed by atoms with Crippen LogP contribution < -0.4 is 10.5 Å². The molecule has 0 heterocycles. The summed E-state index contributed by atoms with van der Waals surface area (Å²) in [5.41, 5.74) is 1.15. The van der Waals surface area contributed by atoms with E-state index in [-0.39, 0.29) is 15.6 Å². The van der Waals surface area contributed by atoms with Crippen LogP contribution in [-0.2, 0) is 19.6 Å². The van der Waals surface area contributed by atoms with E-state index in [1.807, 2.05) is 19.1 Å². The largest absolute Gasteiger partial charge is 0.452 e. The van der Waals surface area contributed by atoms with Crippen molar-refractivity contribution in [3.8, 4) is 0 Å². The summed E-state index contributed by atoms with van der Waals surface area (Å²) in [6, 6.07) is 7.39. The third-order valence-corrected chi connectivity index (χ3v) is 5.70. The lowest BCUT2D eigenvalue weighted by molar-refractivity contribution is -0.119. The molecule has 0 unspecified atom stereocenters. The quantitative estimate of drug-likeness (QED) is 0.444. The number of nitrogens with two attached hydrogens (primary N) is 1. The van der Waals surface area contributed by atoms with Crippen molar-refractivity contribution in [3.05, 3.63) is 55.1 Å².